The van der Waals surface area contributed by atoms with E-state index in [-0.39, 0.29) is 23.0 Å². The number of thiophene rings is 1. The summed E-state index contributed by atoms with van der Waals surface area (Å²) in [6.07, 6.45) is -4.43. The van der Waals surface area contributed by atoms with Crippen molar-refractivity contribution in [2.24, 2.45) is 0 Å². The van der Waals surface area contributed by atoms with Crippen molar-refractivity contribution in [3.63, 3.8) is 0 Å². The lowest BCUT2D eigenvalue weighted by Gasteiger charge is -2.36. The molecule has 0 aliphatic carbocycles. The molecule has 0 unspecified atom stereocenters. The van der Waals surface area contributed by atoms with Gasteiger partial charge in [0.25, 0.3) is 0 Å². The van der Waals surface area contributed by atoms with Crippen molar-refractivity contribution in [3.05, 3.63) is 56.7 Å². The molecule has 0 bridgehead atoms. The molecule has 1 aliphatic heterocycles. The molecule has 0 radical (unpaired) electrons. The van der Waals surface area contributed by atoms with Gasteiger partial charge in [0.1, 0.15) is 0 Å². The van der Waals surface area contributed by atoms with Crippen molar-refractivity contribution in [2.45, 2.75) is 12.2 Å². The summed E-state index contributed by atoms with van der Waals surface area (Å²) in [4.78, 5) is 2.95. The first-order chi connectivity index (χ1) is 11.0. The summed E-state index contributed by atoms with van der Waals surface area (Å²) in [7, 11) is 0. The van der Waals surface area contributed by atoms with Crippen molar-refractivity contribution >= 4 is 35.3 Å². The molecule has 2 nitrogen and oxygen atoms in total. The van der Waals surface area contributed by atoms with Crippen LogP contribution >= 0.6 is 35.3 Å². The molecule has 2 heterocycles. The van der Waals surface area contributed by atoms with Crippen LogP contribution in [0, 0.1) is 0 Å². The van der Waals surface area contributed by atoms with Crippen molar-refractivity contribution in [1.82, 2.24) is 10.2 Å². The van der Waals surface area contributed by atoms with E-state index in [2.05, 4.69) is 10.2 Å². The number of benzene rings is 1. The minimum absolute atomic E-state index is 0. The first kappa shape index (κ1) is 19.5. The van der Waals surface area contributed by atoms with Gasteiger partial charge in [-0.3, -0.25) is 4.90 Å². The number of hydrogen-bond acceptors (Lipinski definition) is 3. The number of piperazine rings is 1. The van der Waals surface area contributed by atoms with E-state index in [0.717, 1.165) is 24.0 Å². The van der Waals surface area contributed by atoms with Gasteiger partial charge >= 0.3 is 6.18 Å². The van der Waals surface area contributed by atoms with Crippen molar-refractivity contribution < 1.29 is 13.2 Å². The minimum Gasteiger partial charge on any atom is -0.314 e. The third-order valence-electron chi connectivity index (χ3n) is 3.96. The molecule has 24 heavy (non-hydrogen) atoms. The van der Waals surface area contributed by atoms with Crippen LogP contribution in [0.1, 0.15) is 22.0 Å². The summed E-state index contributed by atoms with van der Waals surface area (Å²) in [5.41, 5.74) is -0.493. The molecule has 3 rings (SSSR count). The smallest absolute Gasteiger partial charge is 0.314 e. The Bertz CT molecular complexity index is 656. The largest absolute Gasteiger partial charge is 0.416 e. The van der Waals surface area contributed by atoms with E-state index in [9.17, 15) is 13.2 Å². The summed E-state index contributed by atoms with van der Waals surface area (Å²) in [5.74, 6) is 0. The zero-order valence-electron chi connectivity index (χ0n) is 12.6. The maximum Gasteiger partial charge on any atom is 0.416 e. The zero-order chi connectivity index (χ0) is 16.4. The predicted octanol–water partition coefficient (Wildman–Crippen LogP) is 4.84. The molecule has 1 aliphatic rings. The lowest BCUT2D eigenvalue weighted by atomic mass is 9.96. The van der Waals surface area contributed by atoms with Crippen LogP contribution in [0.4, 0.5) is 13.2 Å². The molecule has 1 saturated heterocycles. The molecule has 1 aromatic heterocycles. The van der Waals surface area contributed by atoms with E-state index < -0.39 is 17.8 Å². The number of halogens is 5. The standard InChI is InChI=1S/C16H16ClF3N2S.ClH/c17-12-4-1-3-11(16(18,19)20)14(12)15(13-5-2-10-23-13)22-8-6-21-7-9-22;/h1-5,10,15,21H,6-9H2;1H/t15-;/m0./s1. The van der Waals surface area contributed by atoms with Crippen LogP contribution in [-0.4, -0.2) is 31.1 Å². The number of alkyl halides is 3. The highest BCUT2D eigenvalue weighted by Gasteiger charge is 2.38. The Labute approximate surface area is 154 Å². The SMILES string of the molecule is Cl.FC(F)(F)c1cccc(Cl)c1[C@H](c1cccs1)N1CCNCC1. The molecule has 1 atom stereocenters. The lowest BCUT2D eigenvalue weighted by Crippen LogP contribution is -2.45. The Kier molecular flexibility index (Phi) is 6.56. The van der Waals surface area contributed by atoms with Gasteiger partial charge in [-0.15, -0.1) is 23.7 Å². The molecular formula is C16H17Cl2F3N2S. The average molecular weight is 397 g/mol. The van der Waals surface area contributed by atoms with Gasteiger partial charge in [-0.2, -0.15) is 13.2 Å². The van der Waals surface area contributed by atoms with E-state index in [1.807, 2.05) is 17.5 Å². The van der Waals surface area contributed by atoms with Crippen LogP contribution in [0.3, 0.4) is 0 Å². The third-order valence-corrected chi connectivity index (χ3v) is 5.22. The topological polar surface area (TPSA) is 15.3 Å². The second-order valence-electron chi connectivity index (χ2n) is 5.40. The first-order valence-electron chi connectivity index (χ1n) is 7.32. The number of rotatable bonds is 3. The highest BCUT2D eigenvalue weighted by molar-refractivity contribution is 7.10. The molecule has 1 fully saturated rings. The third kappa shape index (κ3) is 4.06. The maximum absolute atomic E-state index is 13.5. The second kappa shape index (κ2) is 8.06. The van der Waals surface area contributed by atoms with Gasteiger partial charge in [-0.25, -0.2) is 0 Å². The van der Waals surface area contributed by atoms with Crippen LogP contribution < -0.4 is 5.32 Å². The zero-order valence-corrected chi connectivity index (χ0v) is 15.0. The fourth-order valence-electron chi connectivity index (χ4n) is 2.95. The van der Waals surface area contributed by atoms with E-state index in [1.165, 1.54) is 23.5 Å². The Balaban J connectivity index is 0.00000208. The van der Waals surface area contributed by atoms with Gasteiger partial charge in [0.05, 0.1) is 11.6 Å². The quantitative estimate of drug-likeness (QED) is 0.798. The molecular weight excluding hydrogens is 380 g/mol. The molecule has 0 saturated carbocycles. The molecule has 132 valence electrons. The van der Waals surface area contributed by atoms with Crippen LogP contribution in [-0.2, 0) is 6.18 Å². The van der Waals surface area contributed by atoms with Crippen LogP contribution in [0.2, 0.25) is 5.02 Å². The van der Waals surface area contributed by atoms with Crippen molar-refractivity contribution in [2.75, 3.05) is 26.2 Å². The Morgan fingerprint density at radius 1 is 1.12 bits per heavy atom. The van der Waals surface area contributed by atoms with Crippen LogP contribution in [0.5, 0.6) is 0 Å². The summed E-state index contributed by atoms with van der Waals surface area (Å²) in [5, 5.41) is 5.28. The predicted molar refractivity (Wildman–Crippen MR) is 94.3 cm³/mol. The van der Waals surface area contributed by atoms with E-state index >= 15 is 0 Å². The van der Waals surface area contributed by atoms with Gasteiger partial charge in [0.15, 0.2) is 0 Å². The second-order valence-corrected chi connectivity index (χ2v) is 6.79. The lowest BCUT2D eigenvalue weighted by molar-refractivity contribution is -0.138. The van der Waals surface area contributed by atoms with Crippen LogP contribution in [0.15, 0.2) is 35.7 Å². The van der Waals surface area contributed by atoms with Gasteiger partial charge in [-0.05, 0) is 23.6 Å². The van der Waals surface area contributed by atoms with E-state index in [0.29, 0.717) is 13.1 Å². The summed E-state index contributed by atoms with van der Waals surface area (Å²) < 4.78 is 40.5. The van der Waals surface area contributed by atoms with Gasteiger partial charge in [0, 0.05) is 41.6 Å². The number of hydrogen-bond donors (Lipinski definition) is 1. The fraction of sp³-hybridized carbons (Fsp3) is 0.375. The highest BCUT2D eigenvalue weighted by atomic mass is 35.5. The Morgan fingerprint density at radius 3 is 2.42 bits per heavy atom. The van der Waals surface area contributed by atoms with Crippen molar-refractivity contribution in [3.8, 4) is 0 Å². The number of nitrogens with zero attached hydrogens (tertiary/aromatic N) is 1. The minimum atomic E-state index is -4.43. The normalized spacial score (nSPS) is 17.3. The van der Waals surface area contributed by atoms with Gasteiger partial charge in [-0.1, -0.05) is 23.7 Å². The van der Waals surface area contributed by atoms with Gasteiger partial charge < -0.3 is 5.32 Å². The summed E-state index contributed by atoms with van der Waals surface area (Å²) >= 11 is 7.69. The monoisotopic (exact) mass is 396 g/mol. The van der Waals surface area contributed by atoms with Gasteiger partial charge in [0.2, 0.25) is 0 Å². The molecule has 1 N–H and O–H groups in total. The fourth-order valence-corrected chi connectivity index (χ4v) is 4.10. The highest BCUT2D eigenvalue weighted by Crippen LogP contribution is 2.43. The van der Waals surface area contributed by atoms with Crippen molar-refractivity contribution in [1.29, 1.82) is 0 Å². The summed E-state index contributed by atoms with van der Waals surface area (Å²) in [6, 6.07) is 7.28. The maximum atomic E-state index is 13.5. The molecule has 0 amide bonds. The Hall–Kier alpha value is -0.790. The van der Waals surface area contributed by atoms with E-state index in [4.69, 9.17) is 11.6 Å². The Morgan fingerprint density at radius 2 is 1.83 bits per heavy atom. The summed E-state index contributed by atoms with van der Waals surface area (Å²) in [6.45, 7) is 2.89. The number of nitrogens with one attached hydrogen (secondary N) is 1. The van der Waals surface area contributed by atoms with E-state index in [1.54, 1.807) is 0 Å². The molecule has 8 heteroatoms. The molecule has 2 aromatic rings. The average Bonchev–Trinajstić information content (AvgIpc) is 3.03. The molecule has 1 aromatic carbocycles. The molecule has 0 spiro atoms. The first-order valence-corrected chi connectivity index (χ1v) is 8.58. The van der Waals surface area contributed by atoms with Crippen LogP contribution in [0.25, 0.3) is 0 Å².